The zero-order valence-electron chi connectivity index (χ0n) is 10.5. The Morgan fingerprint density at radius 3 is 2.06 bits per heavy atom. The maximum absolute atomic E-state index is 6.41. The van der Waals surface area contributed by atoms with Gasteiger partial charge in [0.25, 0.3) is 0 Å². The molecule has 2 aromatic rings. The van der Waals surface area contributed by atoms with Crippen molar-refractivity contribution in [3.05, 3.63) is 65.7 Å². The van der Waals surface area contributed by atoms with Crippen LogP contribution in [0.5, 0.6) is 5.75 Å². The number of rotatable bonds is 3. The van der Waals surface area contributed by atoms with Gasteiger partial charge in [-0.15, -0.1) is 0 Å². The van der Waals surface area contributed by atoms with Gasteiger partial charge in [0.05, 0.1) is 12.1 Å². The summed E-state index contributed by atoms with van der Waals surface area (Å²) in [7, 11) is 1.66. The smallest absolute Gasteiger partial charge is 0.118 e. The van der Waals surface area contributed by atoms with E-state index in [-0.39, 0.29) is 0 Å². The van der Waals surface area contributed by atoms with Gasteiger partial charge in [0.2, 0.25) is 0 Å². The molecule has 0 radical (unpaired) electrons. The van der Waals surface area contributed by atoms with Gasteiger partial charge in [-0.25, -0.2) is 0 Å². The van der Waals surface area contributed by atoms with Crippen LogP contribution in [0.4, 0.5) is 0 Å². The predicted molar refractivity (Wildman–Crippen MR) is 77.8 cm³/mol. The van der Waals surface area contributed by atoms with Crippen LogP contribution in [0.2, 0.25) is 0 Å². The topological polar surface area (TPSA) is 9.23 Å². The van der Waals surface area contributed by atoms with Crippen LogP contribution < -0.4 is 4.74 Å². The Morgan fingerprint density at radius 2 is 1.50 bits per heavy atom. The molecule has 18 heavy (non-hydrogen) atoms. The summed E-state index contributed by atoms with van der Waals surface area (Å²) in [5, 5.41) is 0.778. The minimum absolute atomic E-state index is 0.778. The first-order valence-electron chi connectivity index (χ1n) is 5.78. The average Bonchev–Trinajstić information content (AvgIpc) is 2.47. The second-order valence-electron chi connectivity index (χ2n) is 4.03. The van der Waals surface area contributed by atoms with Gasteiger partial charge in [0.1, 0.15) is 5.75 Å². The summed E-state index contributed by atoms with van der Waals surface area (Å²) < 4.78 is 5.14. The van der Waals surface area contributed by atoms with Crippen LogP contribution >= 0.6 is 11.6 Å². The van der Waals surface area contributed by atoms with Crippen molar-refractivity contribution in [2.45, 2.75) is 6.92 Å². The van der Waals surface area contributed by atoms with Gasteiger partial charge in [0.15, 0.2) is 0 Å². The number of ether oxygens (including phenoxy) is 1. The fourth-order valence-electron chi connectivity index (χ4n) is 1.77. The van der Waals surface area contributed by atoms with Crippen LogP contribution in [-0.2, 0) is 0 Å². The highest BCUT2D eigenvalue weighted by Gasteiger charge is 2.05. The van der Waals surface area contributed by atoms with Crippen molar-refractivity contribution in [2.24, 2.45) is 0 Å². The molecule has 0 amide bonds. The van der Waals surface area contributed by atoms with Gasteiger partial charge < -0.3 is 4.74 Å². The molecule has 0 bridgehead atoms. The predicted octanol–water partition coefficient (Wildman–Crippen LogP) is 4.82. The van der Waals surface area contributed by atoms with Crippen molar-refractivity contribution in [1.29, 1.82) is 0 Å². The third-order valence-electron chi connectivity index (χ3n) is 2.88. The normalized spacial score (nSPS) is 11.9. The van der Waals surface area contributed by atoms with E-state index in [1.54, 1.807) is 7.11 Å². The van der Waals surface area contributed by atoms with Crippen molar-refractivity contribution >= 4 is 22.2 Å². The maximum Gasteiger partial charge on any atom is 0.118 e. The van der Waals surface area contributed by atoms with E-state index in [4.69, 9.17) is 16.3 Å². The monoisotopic (exact) mass is 258 g/mol. The zero-order chi connectivity index (χ0) is 13.0. The van der Waals surface area contributed by atoms with E-state index < -0.39 is 0 Å². The van der Waals surface area contributed by atoms with E-state index in [1.165, 1.54) is 0 Å². The zero-order valence-corrected chi connectivity index (χ0v) is 11.2. The second-order valence-corrected chi connectivity index (χ2v) is 4.41. The Hall–Kier alpha value is -1.73. The Kier molecular flexibility index (Phi) is 4.06. The summed E-state index contributed by atoms with van der Waals surface area (Å²) in [6.07, 6.45) is 0. The molecule has 0 atom stereocenters. The Morgan fingerprint density at radius 1 is 0.889 bits per heavy atom. The van der Waals surface area contributed by atoms with Gasteiger partial charge in [0, 0.05) is 0 Å². The summed E-state index contributed by atoms with van der Waals surface area (Å²) >= 11 is 6.41. The quantitative estimate of drug-likeness (QED) is 0.717. The molecule has 2 heteroatoms. The Balaban J connectivity index is 2.37. The van der Waals surface area contributed by atoms with Gasteiger partial charge in [-0.1, -0.05) is 54.1 Å². The van der Waals surface area contributed by atoms with Crippen LogP contribution in [0, 0.1) is 0 Å². The molecular weight excluding hydrogens is 244 g/mol. The second kappa shape index (κ2) is 5.74. The van der Waals surface area contributed by atoms with E-state index in [9.17, 15) is 0 Å². The minimum Gasteiger partial charge on any atom is -0.497 e. The molecule has 0 aliphatic carbocycles. The number of halogens is 1. The summed E-state index contributed by atoms with van der Waals surface area (Å²) in [5.41, 5.74) is 3.20. The van der Waals surface area contributed by atoms with Crippen molar-refractivity contribution in [1.82, 2.24) is 0 Å². The van der Waals surface area contributed by atoms with Crippen LogP contribution in [0.15, 0.2) is 54.6 Å². The standard InChI is InChI=1S/C16H15ClO/c1-12(13-8-10-15(18-2)11-9-13)16(17)14-6-4-3-5-7-14/h3-11H,1-2H3/b16-12-. The van der Waals surface area contributed by atoms with E-state index in [1.807, 2.05) is 61.5 Å². The van der Waals surface area contributed by atoms with E-state index >= 15 is 0 Å². The number of methoxy groups -OCH3 is 1. The van der Waals surface area contributed by atoms with Crippen LogP contribution in [0.25, 0.3) is 10.6 Å². The molecule has 2 aromatic carbocycles. The van der Waals surface area contributed by atoms with Gasteiger partial charge >= 0.3 is 0 Å². The average molecular weight is 259 g/mol. The Labute approximate surface area is 113 Å². The highest BCUT2D eigenvalue weighted by atomic mass is 35.5. The van der Waals surface area contributed by atoms with Crippen LogP contribution in [-0.4, -0.2) is 7.11 Å². The lowest BCUT2D eigenvalue weighted by Crippen LogP contribution is -1.86. The third-order valence-corrected chi connectivity index (χ3v) is 3.38. The molecule has 0 saturated carbocycles. The molecule has 0 spiro atoms. The third kappa shape index (κ3) is 2.74. The number of hydrogen-bond acceptors (Lipinski definition) is 1. The number of hydrogen-bond donors (Lipinski definition) is 0. The maximum atomic E-state index is 6.41. The van der Waals surface area contributed by atoms with E-state index in [2.05, 4.69) is 0 Å². The summed E-state index contributed by atoms with van der Waals surface area (Å²) in [6.45, 7) is 2.02. The molecule has 1 nitrogen and oxygen atoms in total. The summed E-state index contributed by atoms with van der Waals surface area (Å²) in [4.78, 5) is 0. The first kappa shape index (κ1) is 12.7. The van der Waals surface area contributed by atoms with Gasteiger partial charge in [-0.2, -0.15) is 0 Å². The molecule has 0 aromatic heterocycles. The fourth-order valence-corrected chi connectivity index (χ4v) is 2.00. The lowest BCUT2D eigenvalue weighted by Gasteiger charge is -2.07. The van der Waals surface area contributed by atoms with Gasteiger partial charge in [-0.3, -0.25) is 0 Å². The van der Waals surface area contributed by atoms with Crippen LogP contribution in [0.1, 0.15) is 18.1 Å². The lowest BCUT2D eigenvalue weighted by molar-refractivity contribution is 0.415. The lowest BCUT2D eigenvalue weighted by atomic mass is 10.0. The van der Waals surface area contributed by atoms with Crippen molar-refractivity contribution in [3.63, 3.8) is 0 Å². The van der Waals surface area contributed by atoms with Crippen LogP contribution in [0.3, 0.4) is 0 Å². The molecule has 92 valence electrons. The largest absolute Gasteiger partial charge is 0.497 e. The van der Waals surface area contributed by atoms with Gasteiger partial charge in [-0.05, 0) is 35.8 Å². The highest BCUT2D eigenvalue weighted by molar-refractivity contribution is 6.52. The fraction of sp³-hybridized carbons (Fsp3) is 0.125. The van der Waals surface area contributed by atoms with Crippen molar-refractivity contribution in [3.8, 4) is 5.75 Å². The summed E-state index contributed by atoms with van der Waals surface area (Å²) in [6, 6.07) is 17.9. The number of allylic oxidation sites excluding steroid dienone is 1. The molecule has 0 fully saturated rings. The molecule has 0 heterocycles. The molecule has 0 aliphatic rings. The Bertz CT molecular complexity index is 541. The highest BCUT2D eigenvalue weighted by Crippen LogP contribution is 2.29. The molecular formula is C16H15ClO. The van der Waals surface area contributed by atoms with E-state index in [0.717, 1.165) is 27.5 Å². The molecule has 0 N–H and O–H groups in total. The van der Waals surface area contributed by atoms with Crippen molar-refractivity contribution < 1.29 is 4.74 Å². The SMILES string of the molecule is COc1ccc(/C(C)=C(\Cl)c2ccccc2)cc1. The first-order valence-corrected chi connectivity index (χ1v) is 6.16. The van der Waals surface area contributed by atoms with E-state index in [0.29, 0.717) is 0 Å². The number of benzene rings is 2. The molecule has 2 rings (SSSR count). The summed E-state index contributed by atoms with van der Waals surface area (Å²) in [5.74, 6) is 0.849. The minimum atomic E-state index is 0.778. The first-order chi connectivity index (χ1) is 8.72. The molecule has 0 aliphatic heterocycles. The molecule has 0 saturated heterocycles. The van der Waals surface area contributed by atoms with Crippen molar-refractivity contribution in [2.75, 3.05) is 7.11 Å². The molecule has 0 unspecified atom stereocenters.